The molecule has 0 radical (unpaired) electrons. The van der Waals surface area contributed by atoms with E-state index in [4.69, 9.17) is 0 Å². The highest BCUT2D eigenvalue weighted by Gasteiger charge is 2.41. The lowest BCUT2D eigenvalue weighted by atomic mass is 9.95. The Kier molecular flexibility index (Phi) is 4.40. The van der Waals surface area contributed by atoms with Gasteiger partial charge < -0.3 is 10.4 Å². The molecule has 1 aliphatic rings. The number of rotatable bonds is 4. The predicted molar refractivity (Wildman–Crippen MR) is 78.1 cm³/mol. The fourth-order valence-corrected chi connectivity index (χ4v) is 2.91. The van der Waals surface area contributed by atoms with Crippen LogP contribution in [0.25, 0.3) is 0 Å². The molecule has 2 rings (SSSR count). The number of carbonyl (C=O) groups is 3. The van der Waals surface area contributed by atoms with E-state index in [1.54, 1.807) is 24.3 Å². The summed E-state index contributed by atoms with van der Waals surface area (Å²) < 4.78 is 0. The number of aliphatic carboxylic acids is 1. The molecule has 0 bridgehead atoms. The second-order valence-electron chi connectivity index (χ2n) is 5.75. The quantitative estimate of drug-likeness (QED) is 0.834. The van der Waals surface area contributed by atoms with Gasteiger partial charge in [-0.1, -0.05) is 19.1 Å². The summed E-state index contributed by atoms with van der Waals surface area (Å²) in [5.74, 6) is -2.20. The van der Waals surface area contributed by atoms with E-state index in [0.717, 1.165) is 0 Å². The molecule has 1 amide bonds. The number of Topliss-reactive ketones (excluding diaryl/α,β-unsaturated/α-hetero) is 1. The van der Waals surface area contributed by atoms with Gasteiger partial charge in [-0.05, 0) is 37.8 Å². The largest absolute Gasteiger partial charge is 0.481 e. The van der Waals surface area contributed by atoms with E-state index in [1.165, 1.54) is 6.92 Å². The van der Waals surface area contributed by atoms with Gasteiger partial charge in [0.2, 0.25) is 5.91 Å². The molecule has 21 heavy (non-hydrogen) atoms. The maximum absolute atomic E-state index is 12.3. The number of hydrogen-bond donors (Lipinski definition) is 2. The first-order valence-electron chi connectivity index (χ1n) is 7.03. The Morgan fingerprint density at radius 2 is 1.86 bits per heavy atom. The van der Waals surface area contributed by atoms with Crippen molar-refractivity contribution in [3.8, 4) is 0 Å². The zero-order chi connectivity index (χ0) is 15.6. The molecule has 0 aromatic heterocycles. The number of amides is 1. The molecule has 1 fully saturated rings. The molecule has 5 heteroatoms. The first-order valence-corrected chi connectivity index (χ1v) is 7.03. The third kappa shape index (κ3) is 3.48. The summed E-state index contributed by atoms with van der Waals surface area (Å²) in [5, 5.41) is 11.9. The van der Waals surface area contributed by atoms with Gasteiger partial charge in [-0.25, -0.2) is 0 Å². The van der Waals surface area contributed by atoms with Crippen LogP contribution in [0.1, 0.15) is 37.0 Å². The van der Waals surface area contributed by atoms with Crippen LogP contribution in [0.5, 0.6) is 0 Å². The monoisotopic (exact) mass is 289 g/mol. The fraction of sp³-hybridized carbons (Fsp3) is 0.438. The van der Waals surface area contributed by atoms with E-state index in [2.05, 4.69) is 5.32 Å². The minimum Gasteiger partial charge on any atom is -0.481 e. The van der Waals surface area contributed by atoms with Crippen LogP contribution in [0.15, 0.2) is 24.3 Å². The number of benzene rings is 1. The highest BCUT2D eigenvalue weighted by Crippen LogP contribution is 2.37. The van der Waals surface area contributed by atoms with E-state index < -0.39 is 17.8 Å². The molecule has 112 valence electrons. The van der Waals surface area contributed by atoms with Gasteiger partial charge in [0, 0.05) is 11.3 Å². The zero-order valence-electron chi connectivity index (χ0n) is 12.1. The lowest BCUT2D eigenvalue weighted by molar-refractivity contribution is -0.145. The third-order valence-electron chi connectivity index (χ3n) is 3.99. The molecule has 3 atom stereocenters. The molecular formula is C16H19NO4. The highest BCUT2D eigenvalue weighted by atomic mass is 16.4. The lowest BCUT2D eigenvalue weighted by Gasteiger charge is -2.15. The van der Waals surface area contributed by atoms with Gasteiger partial charge in [0.15, 0.2) is 5.78 Å². The first-order chi connectivity index (χ1) is 9.88. The van der Waals surface area contributed by atoms with E-state index in [1.807, 2.05) is 6.92 Å². The van der Waals surface area contributed by atoms with Crippen molar-refractivity contribution in [3.05, 3.63) is 29.8 Å². The Balaban J connectivity index is 2.12. The summed E-state index contributed by atoms with van der Waals surface area (Å²) in [4.78, 5) is 34.9. The highest BCUT2D eigenvalue weighted by molar-refractivity contribution is 5.98. The van der Waals surface area contributed by atoms with Gasteiger partial charge in [-0.3, -0.25) is 14.4 Å². The predicted octanol–water partition coefficient (Wildman–Crippen LogP) is 2.57. The number of carboxylic acid groups (broad SMARTS) is 1. The third-order valence-corrected chi connectivity index (χ3v) is 3.99. The maximum Gasteiger partial charge on any atom is 0.307 e. The van der Waals surface area contributed by atoms with Gasteiger partial charge in [0.25, 0.3) is 0 Å². The van der Waals surface area contributed by atoms with Gasteiger partial charge >= 0.3 is 5.97 Å². The number of ketones is 1. The van der Waals surface area contributed by atoms with Crippen LogP contribution in [-0.2, 0) is 9.59 Å². The van der Waals surface area contributed by atoms with Crippen LogP contribution >= 0.6 is 0 Å². The summed E-state index contributed by atoms with van der Waals surface area (Å²) >= 11 is 0. The second-order valence-corrected chi connectivity index (χ2v) is 5.75. The molecule has 0 spiro atoms. The summed E-state index contributed by atoms with van der Waals surface area (Å²) in [6.45, 7) is 3.42. The van der Waals surface area contributed by atoms with E-state index >= 15 is 0 Å². The molecule has 1 aromatic rings. The second kappa shape index (κ2) is 6.08. The van der Waals surface area contributed by atoms with Crippen molar-refractivity contribution in [2.24, 2.45) is 17.8 Å². The van der Waals surface area contributed by atoms with Crippen LogP contribution < -0.4 is 5.32 Å². The van der Waals surface area contributed by atoms with Crippen LogP contribution in [0.3, 0.4) is 0 Å². The number of carboxylic acids is 1. The zero-order valence-corrected chi connectivity index (χ0v) is 12.1. The Bertz CT molecular complexity index is 581. The average molecular weight is 289 g/mol. The normalized spacial score (nSPS) is 24.6. The van der Waals surface area contributed by atoms with E-state index in [9.17, 15) is 19.5 Å². The van der Waals surface area contributed by atoms with Gasteiger partial charge in [-0.2, -0.15) is 0 Å². The smallest absolute Gasteiger partial charge is 0.307 e. The Morgan fingerprint density at radius 1 is 1.19 bits per heavy atom. The number of carbonyl (C=O) groups excluding carboxylic acids is 2. The molecule has 0 aliphatic heterocycles. The summed E-state index contributed by atoms with van der Waals surface area (Å²) in [5.41, 5.74) is 1.04. The number of anilines is 1. The topological polar surface area (TPSA) is 83.5 Å². The Labute approximate surface area is 123 Å². The lowest BCUT2D eigenvalue weighted by Crippen LogP contribution is -2.30. The Hall–Kier alpha value is -2.17. The summed E-state index contributed by atoms with van der Waals surface area (Å²) in [6, 6.07) is 6.67. The van der Waals surface area contributed by atoms with Crippen molar-refractivity contribution < 1.29 is 19.5 Å². The first kappa shape index (κ1) is 15.2. The summed E-state index contributed by atoms with van der Waals surface area (Å²) in [7, 11) is 0. The standard InChI is InChI=1S/C16H19NO4/c1-9-6-13(14(7-9)16(20)21)15(19)17-12-5-3-4-11(8-12)10(2)18/h3-5,8-9,13-14H,6-7H2,1-2H3,(H,17,19)(H,20,21)/t9?,13-,14+/m0/s1. The molecule has 1 unspecified atom stereocenters. The van der Waals surface area contributed by atoms with E-state index in [0.29, 0.717) is 24.1 Å². The van der Waals surface area contributed by atoms with Crippen LogP contribution in [0, 0.1) is 17.8 Å². The van der Waals surface area contributed by atoms with Gasteiger partial charge in [0.1, 0.15) is 0 Å². The maximum atomic E-state index is 12.3. The molecule has 1 saturated carbocycles. The van der Waals surface area contributed by atoms with Crippen molar-refractivity contribution in [2.45, 2.75) is 26.7 Å². The number of nitrogens with one attached hydrogen (secondary N) is 1. The van der Waals surface area contributed by atoms with Crippen molar-refractivity contribution in [1.82, 2.24) is 0 Å². The van der Waals surface area contributed by atoms with Crippen molar-refractivity contribution in [1.29, 1.82) is 0 Å². The van der Waals surface area contributed by atoms with E-state index in [-0.39, 0.29) is 17.6 Å². The minimum atomic E-state index is -0.919. The Morgan fingerprint density at radius 3 is 2.48 bits per heavy atom. The SMILES string of the molecule is CC(=O)c1cccc(NC(=O)[C@H]2CC(C)C[C@H]2C(=O)O)c1. The van der Waals surface area contributed by atoms with Crippen LogP contribution in [0.2, 0.25) is 0 Å². The molecule has 1 aromatic carbocycles. The molecule has 2 N–H and O–H groups in total. The molecule has 0 heterocycles. The molecule has 1 aliphatic carbocycles. The van der Waals surface area contributed by atoms with Crippen LogP contribution in [-0.4, -0.2) is 22.8 Å². The average Bonchev–Trinajstić information content (AvgIpc) is 2.81. The van der Waals surface area contributed by atoms with Crippen molar-refractivity contribution in [2.75, 3.05) is 5.32 Å². The molecule has 5 nitrogen and oxygen atoms in total. The minimum absolute atomic E-state index is 0.0796. The van der Waals surface area contributed by atoms with Gasteiger partial charge in [0.05, 0.1) is 11.8 Å². The number of hydrogen-bond acceptors (Lipinski definition) is 3. The molecular weight excluding hydrogens is 270 g/mol. The van der Waals surface area contributed by atoms with Gasteiger partial charge in [-0.15, -0.1) is 0 Å². The van der Waals surface area contributed by atoms with Crippen molar-refractivity contribution in [3.63, 3.8) is 0 Å². The summed E-state index contributed by atoms with van der Waals surface area (Å²) in [6.07, 6.45) is 1.11. The van der Waals surface area contributed by atoms with Crippen molar-refractivity contribution >= 4 is 23.3 Å². The molecule has 0 saturated heterocycles. The fourth-order valence-electron chi connectivity index (χ4n) is 2.91. The van der Waals surface area contributed by atoms with Crippen LogP contribution in [0.4, 0.5) is 5.69 Å².